The second kappa shape index (κ2) is 5.76. The zero-order valence-electron chi connectivity index (χ0n) is 11.7. The number of benzene rings is 1. The van der Waals surface area contributed by atoms with Crippen molar-refractivity contribution >= 4 is 21.8 Å². The van der Waals surface area contributed by atoms with Gasteiger partial charge < -0.3 is 10.1 Å². The van der Waals surface area contributed by atoms with Gasteiger partial charge in [0, 0.05) is 11.0 Å². The third-order valence-corrected chi connectivity index (χ3v) is 5.31. The molecule has 2 fully saturated rings. The Labute approximate surface area is 128 Å². The van der Waals surface area contributed by atoms with Gasteiger partial charge in [0.1, 0.15) is 5.75 Å². The van der Waals surface area contributed by atoms with E-state index >= 15 is 0 Å². The molecule has 2 aliphatic rings. The zero-order chi connectivity index (χ0) is 14.1. The number of carbonyl (C=O) groups is 1. The highest BCUT2D eigenvalue weighted by Crippen LogP contribution is 2.47. The number of rotatable bonds is 4. The van der Waals surface area contributed by atoms with Gasteiger partial charge in [-0.2, -0.15) is 0 Å². The van der Waals surface area contributed by atoms with Crippen molar-refractivity contribution in [2.45, 2.75) is 25.7 Å². The van der Waals surface area contributed by atoms with Crippen LogP contribution in [0.15, 0.2) is 22.7 Å². The fraction of sp³-hybridized carbons (Fsp3) is 0.562. The Morgan fingerprint density at radius 3 is 2.90 bits per heavy atom. The molecule has 0 heterocycles. The summed E-state index contributed by atoms with van der Waals surface area (Å²) in [5, 5.41) is 3.09. The summed E-state index contributed by atoms with van der Waals surface area (Å²) in [7, 11) is 1.59. The van der Waals surface area contributed by atoms with Crippen LogP contribution in [0.4, 0.5) is 0 Å². The van der Waals surface area contributed by atoms with Crippen LogP contribution in [0, 0.1) is 17.8 Å². The van der Waals surface area contributed by atoms with E-state index in [1.807, 2.05) is 12.1 Å². The van der Waals surface area contributed by atoms with Gasteiger partial charge in [0.15, 0.2) is 0 Å². The first-order valence-electron chi connectivity index (χ1n) is 7.29. The summed E-state index contributed by atoms with van der Waals surface area (Å²) in [6.07, 6.45) is 5.42. The number of methoxy groups -OCH3 is 1. The molecular formula is C16H20BrNO2. The molecule has 2 saturated carbocycles. The molecule has 3 rings (SSSR count). The van der Waals surface area contributed by atoms with E-state index in [4.69, 9.17) is 4.74 Å². The fourth-order valence-corrected chi connectivity index (χ4v) is 4.14. The van der Waals surface area contributed by atoms with Crippen LogP contribution in [0.1, 0.15) is 36.0 Å². The maximum absolute atomic E-state index is 12.3. The molecule has 4 heteroatoms. The summed E-state index contributed by atoms with van der Waals surface area (Å²) in [5.41, 5.74) is 0.610. The number of hydrogen-bond donors (Lipinski definition) is 1. The number of carbonyl (C=O) groups excluding carboxylic acids is 1. The maximum Gasteiger partial charge on any atom is 0.255 e. The Morgan fingerprint density at radius 2 is 2.25 bits per heavy atom. The number of hydrogen-bond acceptors (Lipinski definition) is 2. The minimum atomic E-state index is -0.0304. The standard InChI is InChI=1S/C16H20BrNO2/c1-20-15-8-13(17)4-5-14(15)16(19)18-9-12-7-10-2-3-11(12)6-10/h4-5,8,10-12H,2-3,6-7,9H2,1H3,(H,18,19). The molecular weight excluding hydrogens is 318 g/mol. The molecule has 1 aromatic carbocycles. The summed E-state index contributed by atoms with van der Waals surface area (Å²) >= 11 is 3.39. The molecule has 1 amide bonds. The Morgan fingerprint density at radius 1 is 1.40 bits per heavy atom. The van der Waals surface area contributed by atoms with Crippen LogP contribution < -0.4 is 10.1 Å². The monoisotopic (exact) mass is 337 g/mol. The lowest BCUT2D eigenvalue weighted by molar-refractivity contribution is 0.0938. The molecule has 1 N–H and O–H groups in total. The van der Waals surface area contributed by atoms with Gasteiger partial charge in [0.25, 0.3) is 5.91 Å². The molecule has 0 aromatic heterocycles. The molecule has 0 aliphatic heterocycles. The van der Waals surface area contributed by atoms with Crippen LogP contribution in [-0.2, 0) is 0 Å². The van der Waals surface area contributed by atoms with Crippen molar-refractivity contribution in [3.63, 3.8) is 0 Å². The largest absolute Gasteiger partial charge is 0.496 e. The quantitative estimate of drug-likeness (QED) is 0.911. The van der Waals surface area contributed by atoms with Gasteiger partial charge in [-0.1, -0.05) is 22.4 Å². The van der Waals surface area contributed by atoms with Gasteiger partial charge in [0.2, 0.25) is 0 Å². The molecule has 0 saturated heterocycles. The lowest BCUT2D eigenvalue weighted by Crippen LogP contribution is -2.31. The minimum Gasteiger partial charge on any atom is -0.496 e. The van der Waals surface area contributed by atoms with Crippen molar-refractivity contribution in [2.24, 2.45) is 17.8 Å². The third-order valence-electron chi connectivity index (χ3n) is 4.82. The molecule has 0 spiro atoms. The van der Waals surface area contributed by atoms with E-state index < -0.39 is 0 Å². The van der Waals surface area contributed by atoms with Crippen LogP contribution in [-0.4, -0.2) is 19.6 Å². The first-order chi connectivity index (χ1) is 9.67. The second-order valence-electron chi connectivity index (χ2n) is 5.99. The molecule has 0 radical (unpaired) electrons. The van der Waals surface area contributed by atoms with Crippen molar-refractivity contribution in [1.29, 1.82) is 0 Å². The van der Waals surface area contributed by atoms with Crippen LogP contribution >= 0.6 is 15.9 Å². The maximum atomic E-state index is 12.3. The molecule has 1 aromatic rings. The number of nitrogens with one attached hydrogen (secondary N) is 1. The number of amides is 1. The molecule has 20 heavy (non-hydrogen) atoms. The first-order valence-corrected chi connectivity index (χ1v) is 8.08. The Hall–Kier alpha value is -1.03. The van der Waals surface area contributed by atoms with Crippen LogP contribution in [0.3, 0.4) is 0 Å². The summed E-state index contributed by atoms with van der Waals surface area (Å²) in [4.78, 5) is 12.3. The molecule has 2 aliphatic carbocycles. The Kier molecular flexibility index (Phi) is 4.01. The smallest absolute Gasteiger partial charge is 0.255 e. The third kappa shape index (κ3) is 2.71. The summed E-state index contributed by atoms with van der Waals surface area (Å²) in [5.74, 6) is 3.03. The average Bonchev–Trinajstić information content (AvgIpc) is 3.07. The first kappa shape index (κ1) is 13.9. The van der Waals surface area contributed by atoms with E-state index in [9.17, 15) is 4.79 Å². The van der Waals surface area contributed by atoms with Crippen LogP contribution in [0.5, 0.6) is 5.75 Å². The van der Waals surface area contributed by atoms with Gasteiger partial charge in [-0.3, -0.25) is 4.79 Å². The summed E-state index contributed by atoms with van der Waals surface area (Å²) in [6.45, 7) is 0.805. The van der Waals surface area contributed by atoms with E-state index in [0.29, 0.717) is 17.2 Å². The molecule has 2 bridgehead atoms. The number of fused-ring (bicyclic) bond motifs is 2. The molecule has 108 valence electrons. The van der Waals surface area contributed by atoms with Crippen molar-refractivity contribution in [3.8, 4) is 5.75 Å². The number of halogens is 1. The van der Waals surface area contributed by atoms with Gasteiger partial charge in [-0.25, -0.2) is 0 Å². The van der Waals surface area contributed by atoms with Gasteiger partial charge in [-0.05, 0) is 55.2 Å². The van der Waals surface area contributed by atoms with Crippen molar-refractivity contribution in [2.75, 3.05) is 13.7 Å². The van der Waals surface area contributed by atoms with Crippen molar-refractivity contribution in [1.82, 2.24) is 5.32 Å². The highest BCUT2D eigenvalue weighted by molar-refractivity contribution is 9.10. The average molecular weight is 338 g/mol. The predicted molar refractivity (Wildman–Crippen MR) is 82.0 cm³/mol. The lowest BCUT2D eigenvalue weighted by Gasteiger charge is -2.22. The molecule has 3 atom stereocenters. The van der Waals surface area contributed by atoms with Gasteiger partial charge in [-0.15, -0.1) is 0 Å². The van der Waals surface area contributed by atoms with Crippen LogP contribution in [0.2, 0.25) is 0 Å². The van der Waals surface area contributed by atoms with E-state index in [-0.39, 0.29) is 5.91 Å². The molecule has 3 unspecified atom stereocenters. The zero-order valence-corrected chi connectivity index (χ0v) is 13.3. The van der Waals surface area contributed by atoms with E-state index in [1.54, 1.807) is 13.2 Å². The number of ether oxygens (including phenoxy) is 1. The van der Waals surface area contributed by atoms with Crippen molar-refractivity contribution < 1.29 is 9.53 Å². The lowest BCUT2D eigenvalue weighted by atomic mass is 9.89. The van der Waals surface area contributed by atoms with Gasteiger partial charge >= 0.3 is 0 Å². The summed E-state index contributed by atoms with van der Waals surface area (Å²) < 4.78 is 6.19. The fourth-order valence-electron chi connectivity index (χ4n) is 3.80. The van der Waals surface area contributed by atoms with Crippen LogP contribution in [0.25, 0.3) is 0 Å². The topological polar surface area (TPSA) is 38.3 Å². The van der Waals surface area contributed by atoms with E-state index in [1.165, 1.54) is 25.7 Å². The highest BCUT2D eigenvalue weighted by atomic mass is 79.9. The van der Waals surface area contributed by atoms with Crippen molar-refractivity contribution in [3.05, 3.63) is 28.2 Å². The Balaban J connectivity index is 1.62. The minimum absolute atomic E-state index is 0.0304. The van der Waals surface area contributed by atoms with E-state index in [2.05, 4.69) is 21.2 Å². The SMILES string of the molecule is COc1cc(Br)ccc1C(=O)NCC1CC2CCC1C2. The van der Waals surface area contributed by atoms with E-state index in [0.717, 1.165) is 22.9 Å². The van der Waals surface area contributed by atoms with Gasteiger partial charge in [0.05, 0.1) is 12.7 Å². The normalized spacial score (nSPS) is 27.6. The second-order valence-corrected chi connectivity index (χ2v) is 6.91. The highest BCUT2D eigenvalue weighted by Gasteiger charge is 2.39. The molecule has 3 nitrogen and oxygen atoms in total. The Bertz CT molecular complexity index is 517. The summed E-state index contributed by atoms with van der Waals surface area (Å²) in [6, 6.07) is 5.50. The predicted octanol–water partition coefficient (Wildman–Crippen LogP) is 3.62.